The van der Waals surface area contributed by atoms with Crippen LogP contribution in [0, 0.1) is 0 Å². The van der Waals surface area contributed by atoms with Gasteiger partial charge in [-0.3, -0.25) is 14.7 Å². The van der Waals surface area contributed by atoms with E-state index in [1.165, 1.54) is 0 Å². The summed E-state index contributed by atoms with van der Waals surface area (Å²) in [7, 11) is -3.99. The van der Waals surface area contributed by atoms with Gasteiger partial charge in [0.15, 0.2) is 0 Å². The highest BCUT2D eigenvalue weighted by Gasteiger charge is 2.11. The molecule has 10 heavy (non-hydrogen) atoms. The van der Waals surface area contributed by atoms with Crippen LogP contribution in [0.25, 0.3) is 0 Å². The predicted molar refractivity (Wildman–Crippen MR) is 32.5 cm³/mol. The summed E-state index contributed by atoms with van der Waals surface area (Å²) in [6.45, 7) is -0.698. The molecule has 0 aliphatic carbocycles. The van der Waals surface area contributed by atoms with E-state index in [0.29, 0.717) is 5.31 Å². The third-order valence-corrected chi connectivity index (χ3v) is 1.07. The van der Waals surface area contributed by atoms with Gasteiger partial charge in [-0.05, 0) is 0 Å². The van der Waals surface area contributed by atoms with Crippen LogP contribution in [0.1, 0.15) is 0 Å². The molecule has 0 bridgehead atoms. The highest BCUT2D eigenvalue weighted by molar-refractivity contribution is 7.51. The molecule has 4 N–H and O–H groups in total. The molecule has 0 aromatic rings. The molecule has 6 nitrogen and oxygen atoms in total. The first kappa shape index (κ1) is 5.26. The molecular weight excluding hydrogens is 161 g/mol. The van der Waals surface area contributed by atoms with Crippen molar-refractivity contribution in [2.24, 2.45) is 0 Å². The largest absolute Gasteiger partial charge is 0.480 e. The molecule has 0 atom stereocenters. The molecule has 0 aliphatic heterocycles. The predicted octanol–water partition coefficient (Wildman–Crippen LogP) is -1.20. The molecule has 0 heterocycles. The lowest BCUT2D eigenvalue weighted by Gasteiger charge is -2.02. The topological polar surface area (TPSA) is 107 Å². The Balaban J connectivity index is 4.09. The van der Waals surface area contributed by atoms with Crippen LogP contribution < -0.4 is 5.31 Å². The Kier molecular flexibility index (Phi) is 1.93. The average Bonchev–Trinajstić information content (AvgIpc) is 2.02. The minimum Gasteiger partial charge on any atom is -0.480 e. The number of nitrogens with one attached hydrogen (secondary N) is 1. The van der Waals surface area contributed by atoms with E-state index < -0.39 is 26.4 Å². The third-order valence-electron chi connectivity index (χ3n) is 0.520. The Morgan fingerprint density at radius 3 is 2.80 bits per heavy atom. The molecule has 0 radical (unpaired) electrons. The standard InChI is InChI=1S/C3H8NO5P/c5-3(6)1-4-2-10(7,8)9/h4H,1-2H2,(H,5,6)(H2,7,8,9)/i/hD3. The van der Waals surface area contributed by atoms with Crippen molar-refractivity contribution < 1.29 is 25.7 Å². The molecule has 0 saturated heterocycles. The zero-order valence-corrected chi connectivity index (χ0v) is 5.78. The summed E-state index contributed by atoms with van der Waals surface area (Å²) in [5.41, 5.74) is 0. The van der Waals surface area contributed by atoms with E-state index in [2.05, 4.69) is 9.79 Å². The number of carboxylic acid groups (broad SMARTS) is 1. The van der Waals surface area contributed by atoms with Crippen LogP contribution in [-0.4, -0.2) is 36.6 Å². The molecular formula is C3H8NO5P. The fourth-order valence-corrected chi connectivity index (χ4v) is 0.613. The minimum absolute atomic E-state index is 0.367. The molecule has 0 amide bonds. The van der Waals surface area contributed by atoms with Crippen molar-refractivity contribution in [1.82, 2.24) is 5.31 Å². The van der Waals surface area contributed by atoms with E-state index in [4.69, 9.17) is 9.38 Å². The van der Waals surface area contributed by atoms with Gasteiger partial charge in [0.25, 0.3) is 0 Å². The molecule has 0 aromatic heterocycles. The van der Waals surface area contributed by atoms with Crippen LogP contribution >= 0.6 is 7.60 Å². The second kappa shape index (κ2) is 3.68. The minimum atomic E-state index is -3.99. The van der Waals surface area contributed by atoms with Gasteiger partial charge in [-0.25, -0.2) is 0 Å². The SMILES string of the molecule is [2H]OP(=O)(CN([2H])CC(=O)O)O[2H]. The maximum atomic E-state index is 11.0. The third kappa shape index (κ3) is 7.58. The van der Waals surface area contributed by atoms with Crippen LogP contribution in [0.15, 0.2) is 0 Å². The van der Waals surface area contributed by atoms with Gasteiger partial charge in [0.1, 0.15) is 1.41 Å². The Morgan fingerprint density at radius 2 is 2.40 bits per heavy atom. The number of carboxylic acids is 1. The smallest absolute Gasteiger partial charge is 0.339 e. The second-order valence-corrected chi connectivity index (χ2v) is 3.03. The lowest BCUT2D eigenvalue weighted by Crippen LogP contribution is -2.23. The molecule has 0 fully saturated rings. The summed E-state index contributed by atoms with van der Waals surface area (Å²) in [5, 5.41) is 8.57. The normalized spacial score (nSPS) is 15.9. The average molecular weight is 172 g/mol. The van der Waals surface area contributed by atoms with E-state index >= 15 is 0 Å². The van der Waals surface area contributed by atoms with Crippen molar-refractivity contribution >= 4 is 13.6 Å². The fraction of sp³-hybridized carbons (Fsp3) is 0.667. The van der Waals surface area contributed by atoms with Gasteiger partial charge in [0.05, 0.1) is 12.8 Å². The summed E-state index contributed by atoms with van der Waals surface area (Å²) in [6, 6.07) is 0. The number of hydrogen-bond acceptors (Lipinski definition) is 5. The fourth-order valence-electron chi connectivity index (χ4n) is 0.268. The quantitative estimate of drug-likeness (QED) is 0.375. The van der Waals surface area contributed by atoms with Crippen molar-refractivity contribution in [3.05, 3.63) is 0 Å². The molecule has 0 spiro atoms. The molecule has 0 unspecified atom stereocenters. The van der Waals surface area contributed by atoms with E-state index in [1.54, 1.807) is 0 Å². The van der Waals surface area contributed by atoms with E-state index in [1.807, 2.05) is 0 Å². The summed E-state index contributed by atoms with van der Waals surface area (Å²) in [6.07, 6.45) is -0.744. The first-order valence-corrected chi connectivity index (χ1v) is 4.01. The highest BCUT2D eigenvalue weighted by Crippen LogP contribution is 2.31. The van der Waals surface area contributed by atoms with E-state index in [9.17, 15) is 9.36 Å². The Hall–Kier alpha value is -0.420. The summed E-state index contributed by atoms with van der Waals surface area (Å²) in [5.74, 6) is -1.29. The molecule has 0 aromatic carbocycles. The first-order valence-electron chi connectivity index (χ1n) is 3.54. The zero-order valence-electron chi connectivity index (χ0n) is 7.89. The Morgan fingerprint density at radius 1 is 1.80 bits per heavy atom. The summed E-state index contributed by atoms with van der Waals surface area (Å²) in [4.78, 5) is 17.2. The first-order chi connectivity index (χ1) is 5.93. The van der Waals surface area contributed by atoms with Crippen molar-refractivity contribution in [1.29, 1.82) is 2.86 Å². The Labute approximate surface area is 61.5 Å². The van der Waals surface area contributed by atoms with Crippen molar-refractivity contribution in [3.63, 3.8) is 0 Å². The monoisotopic (exact) mass is 172 g/mol. The van der Waals surface area contributed by atoms with Crippen molar-refractivity contribution in [2.45, 2.75) is 0 Å². The molecule has 0 aliphatic rings. The maximum absolute atomic E-state index is 11.0. The number of carbonyl (C=O) groups is 1. The Bertz CT molecular complexity index is 217. The van der Waals surface area contributed by atoms with Gasteiger partial charge in [-0.2, -0.15) is 0 Å². The highest BCUT2D eigenvalue weighted by atomic mass is 31.2. The number of aliphatic carboxylic acids is 1. The maximum Gasteiger partial charge on any atom is 0.339 e. The van der Waals surface area contributed by atoms with Crippen LogP contribution in [0.4, 0.5) is 0 Å². The number of hydrogen-bond donors (Lipinski definition) is 4. The molecule has 60 valence electrons. The summed E-state index contributed by atoms with van der Waals surface area (Å²) >= 11 is 0. The van der Waals surface area contributed by atoms with E-state index in [-0.39, 0.29) is 0 Å². The van der Waals surface area contributed by atoms with Gasteiger partial charge in [-0.1, -0.05) is 0 Å². The second-order valence-electron chi connectivity index (χ2n) is 1.53. The molecule has 7 heteroatoms. The van der Waals surface area contributed by atoms with Crippen molar-refractivity contribution in [3.8, 4) is 0 Å². The van der Waals surface area contributed by atoms with Crippen molar-refractivity contribution in [2.75, 3.05) is 12.8 Å². The van der Waals surface area contributed by atoms with Crippen LogP contribution in [-0.2, 0) is 9.36 Å². The van der Waals surface area contributed by atoms with E-state index in [0.717, 1.165) is 0 Å². The van der Waals surface area contributed by atoms with Gasteiger partial charge in [0.2, 0.25) is 2.86 Å². The lowest BCUT2D eigenvalue weighted by molar-refractivity contribution is -0.135. The lowest BCUT2D eigenvalue weighted by atomic mass is 10.7. The zero-order chi connectivity index (χ0) is 10.5. The molecule has 0 rings (SSSR count). The van der Waals surface area contributed by atoms with Crippen LogP contribution in [0.5, 0.6) is 0 Å². The molecule has 0 saturated carbocycles. The number of rotatable bonds is 6. The van der Waals surface area contributed by atoms with Crippen LogP contribution in [0.2, 0.25) is 1.41 Å². The van der Waals surface area contributed by atoms with Crippen LogP contribution in [0.3, 0.4) is 0 Å². The van der Waals surface area contributed by atoms with Gasteiger partial charge in [0, 0.05) is 0 Å². The van der Waals surface area contributed by atoms with Gasteiger partial charge >= 0.3 is 13.6 Å². The van der Waals surface area contributed by atoms with Gasteiger partial charge < -0.3 is 14.9 Å². The van der Waals surface area contributed by atoms with Gasteiger partial charge in [-0.15, -0.1) is 0 Å². The summed E-state index contributed by atoms with van der Waals surface area (Å²) < 4.78 is 30.4.